The Hall–Kier alpha value is -1.74. The lowest BCUT2D eigenvalue weighted by molar-refractivity contribution is 0.409. The summed E-state index contributed by atoms with van der Waals surface area (Å²) in [5, 5.41) is 13.0. The topological polar surface area (TPSA) is 45.4 Å². The van der Waals surface area contributed by atoms with Crippen LogP contribution < -0.4 is 5.32 Å². The van der Waals surface area contributed by atoms with Crippen molar-refractivity contribution in [3.8, 4) is 5.75 Å². The molecule has 0 fully saturated rings. The molecule has 0 amide bonds. The fourth-order valence-corrected chi connectivity index (χ4v) is 2.00. The maximum atomic E-state index is 9.49. The molecule has 0 aliphatic carbocycles. The lowest BCUT2D eigenvalue weighted by Gasteiger charge is -2.16. The van der Waals surface area contributed by atoms with Crippen molar-refractivity contribution in [2.75, 3.05) is 6.54 Å². The van der Waals surface area contributed by atoms with Crippen LogP contribution in [0.5, 0.6) is 5.75 Å². The van der Waals surface area contributed by atoms with Gasteiger partial charge in [-0.25, -0.2) is 0 Å². The van der Waals surface area contributed by atoms with Gasteiger partial charge in [-0.05, 0) is 49.2 Å². The molecule has 2 rings (SSSR count). The van der Waals surface area contributed by atoms with E-state index in [0.29, 0.717) is 5.75 Å². The normalized spacial score (nSPS) is 12.5. The Morgan fingerprint density at radius 1 is 1.28 bits per heavy atom. The van der Waals surface area contributed by atoms with Gasteiger partial charge in [0.25, 0.3) is 0 Å². The van der Waals surface area contributed by atoms with Crippen LogP contribution in [0.4, 0.5) is 0 Å². The van der Waals surface area contributed by atoms with Gasteiger partial charge in [-0.1, -0.05) is 19.1 Å². The number of phenols is 1. The fourth-order valence-electron chi connectivity index (χ4n) is 2.00. The summed E-state index contributed by atoms with van der Waals surface area (Å²) >= 11 is 0. The Labute approximate surface area is 107 Å². The van der Waals surface area contributed by atoms with Crippen molar-refractivity contribution in [3.05, 3.63) is 54.0 Å². The predicted octanol–water partition coefficient (Wildman–Crippen LogP) is 3.27. The van der Waals surface area contributed by atoms with E-state index in [0.717, 1.165) is 30.7 Å². The summed E-state index contributed by atoms with van der Waals surface area (Å²) in [6.45, 7) is 3.09. The second kappa shape index (κ2) is 6.26. The molecule has 0 bridgehead atoms. The van der Waals surface area contributed by atoms with E-state index in [9.17, 15) is 5.11 Å². The van der Waals surface area contributed by atoms with Gasteiger partial charge in [-0.15, -0.1) is 0 Å². The standard InChI is InChI=1S/C15H19NO2/c1-2-8-16-14(15-7-4-9-18-15)11-12-5-3-6-13(17)10-12/h3-7,9-10,14,16-17H,2,8,11H2,1H3. The van der Waals surface area contributed by atoms with Crippen molar-refractivity contribution < 1.29 is 9.52 Å². The maximum Gasteiger partial charge on any atom is 0.121 e. The number of aromatic hydroxyl groups is 1. The minimum absolute atomic E-state index is 0.154. The third-order valence-corrected chi connectivity index (χ3v) is 2.88. The van der Waals surface area contributed by atoms with Gasteiger partial charge in [0.05, 0.1) is 12.3 Å². The molecule has 0 aliphatic heterocycles. The molecule has 0 spiro atoms. The summed E-state index contributed by atoms with van der Waals surface area (Å²) in [7, 11) is 0. The molecule has 3 nitrogen and oxygen atoms in total. The van der Waals surface area contributed by atoms with Crippen molar-refractivity contribution in [1.82, 2.24) is 5.32 Å². The minimum Gasteiger partial charge on any atom is -0.508 e. The molecule has 2 N–H and O–H groups in total. The summed E-state index contributed by atoms with van der Waals surface area (Å²) in [5.41, 5.74) is 1.10. The van der Waals surface area contributed by atoms with Gasteiger partial charge >= 0.3 is 0 Å². The second-order valence-electron chi connectivity index (χ2n) is 4.40. The van der Waals surface area contributed by atoms with Gasteiger partial charge in [0.15, 0.2) is 0 Å². The van der Waals surface area contributed by atoms with Crippen LogP contribution in [-0.4, -0.2) is 11.7 Å². The number of benzene rings is 1. The highest BCUT2D eigenvalue weighted by molar-refractivity contribution is 5.28. The lowest BCUT2D eigenvalue weighted by Crippen LogP contribution is -2.23. The summed E-state index contributed by atoms with van der Waals surface area (Å²) in [5.74, 6) is 1.24. The first kappa shape index (κ1) is 12.7. The summed E-state index contributed by atoms with van der Waals surface area (Å²) < 4.78 is 5.47. The highest BCUT2D eigenvalue weighted by Gasteiger charge is 2.14. The van der Waals surface area contributed by atoms with Crippen LogP contribution in [0.1, 0.15) is 30.7 Å². The van der Waals surface area contributed by atoms with E-state index in [1.165, 1.54) is 0 Å². The van der Waals surface area contributed by atoms with Crippen LogP contribution in [0.25, 0.3) is 0 Å². The van der Waals surface area contributed by atoms with Gasteiger partial charge in [0.1, 0.15) is 11.5 Å². The number of hydrogen-bond donors (Lipinski definition) is 2. The first-order chi connectivity index (χ1) is 8.79. The molecule has 1 atom stereocenters. The molecular weight excluding hydrogens is 226 g/mol. The Bertz CT molecular complexity index is 465. The highest BCUT2D eigenvalue weighted by Crippen LogP contribution is 2.21. The molecule has 0 saturated heterocycles. The number of phenolic OH excluding ortho intramolecular Hbond substituents is 1. The molecule has 3 heteroatoms. The zero-order valence-electron chi connectivity index (χ0n) is 10.6. The van der Waals surface area contributed by atoms with Crippen LogP contribution in [-0.2, 0) is 6.42 Å². The summed E-state index contributed by atoms with van der Waals surface area (Å²) in [6, 6.07) is 11.4. The van der Waals surface area contributed by atoms with Gasteiger partial charge in [-0.3, -0.25) is 0 Å². The van der Waals surface area contributed by atoms with Crippen molar-refractivity contribution in [2.24, 2.45) is 0 Å². The Balaban J connectivity index is 2.10. The molecule has 1 aromatic heterocycles. The molecule has 0 radical (unpaired) electrons. The van der Waals surface area contributed by atoms with E-state index < -0.39 is 0 Å². The van der Waals surface area contributed by atoms with Crippen molar-refractivity contribution in [2.45, 2.75) is 25.8 Å². The maximum absolute atomic E-state index is 9.49. The Morgan fingerprint density at radius 3 is 2.83 bits per heavy atom. The summed E-state index contributed by atoms with van der Waals surface area (Å²) in [6.07, 6.45) is 3.58. The predicted molar refractivity (Wildman–Crippen MR) is 71.6 cm³/mol. The zero-order valence-corrected chi connectivity index (χ0v) is 10.6. The van der Waals surface area contributed by atoms with E-state index in [4.69, 9.17) is 4.42 Å². The molecule has 1 aromatic carbocycles. The van der Waals surface area contributed by atoms with Crippen molar-refractivity contribution >= 4 is 0 Å². The van der Waals surface area contributed by atoms with E-state index >= 15 is 0 Å². The first-order valence-electron chi connectivity index (χ1n) is 6.34. The molecule has 2 aromatic rings. The quantitative estimate of drug-likeness (QED) is 0.821. The van der Waals surface area contributed by atoms with E-state index in [1.54, 1.807) is 18.4 Å². The van der Waals surface area contributed by atoms with Gasteiger partial charge in [0.2, 0.25) is 0 Å². The van der Waals surface area contributed by atoms with Crippen molar-refractivity contribution in [1.29, 1.82) is 0 Å². The van der Waals surface area contributed by atoms with E-state index in [1.807, 2.05) is 24.3 Å². The van der Waals surface area contributed by atoms with Crippen LogP contribution in [0.3, 0.4) is 0 Å². The zero-order chi connectivity index (χ0) is 12.8. The largest absolute Gasteiger partial charge is 0.508 e. The SMILES string of the molecule is CCCNC(Cc1cccc(O)c1)c1ccco1. The molecule has 1 heterocycles. The van der Waals surface area contributed by atoms with E-state index in [-0.39, 0.29) is 6.04 Å². The minimum atomic E-state index is 0.154. The number of furan rings is 1. The third-order valence-electron chi connectivity index (χ3n) is 2.88. The number of nitrogens with one attached hydrogen (secondary N) is 1. The number of hydrogen-bond acceptors (Lipinski definition) is 3. The first-order valence-corrected chi connectivity index (χ1v) is 6.34. The van der Waals surface area contributed by atoms with Gasteiger partial charge in [-0.2, -0.15) is 0 Å². The number of rotatable bonds is 6. The van der Waals surface area contributed by atoms with Crippen LogP contribution in [0.15, 0.2) is 47.1 Å². The second-order valence-corrected chi connectivity index (χ2v) is 4.40. The highest BCUT2D eigenvalue weighted by atomic mass is 16.3. The van der Waals surface area contributed by atoms with Crippen LogP contribution >= 0.6 is 0 Å². The monoisotopic (exact) mass is 245 g/mol. The molecule has 18 heavy (non-hydrogen) atoms. The Morgan fingerprint density at radius 2 is 2.17 bits per heavy atom. The molecule has 1 unspecified atom stereocenters. The smallest absolute Gasteiger partial charge is 0.121 e. The van der Waals surface area contributed by atoms with Crippen molar-refractivity contribution in [3.63, 3.8) is 0 Å². The molecule has 0 saturated carbocycles. The molecular formula is C15H19NO2. The fraction of sp³-hybridized carbons (Fsp3) is 0.333. The Kier molecular flexibility index (Phi) is 4.42. The van der Waals surface area contributed by atoms with E-state index in [2.05, 4.69) is 12.2 Å². The average molecular weight is 245 g/mol. The van der Waals surface area contributed by atoms with Gasteiger partial charge < -0.3 is 14.8 Å². The lowest BCUT2D eigenvalue weighted by atomic mass is 10.0. The summed E-state index contributed by atoms with van der Waals surface area (Å²) in [4.78, 5) is 0. The third kappa shape index (κ3) is 3.37. The van der Waals surface area contributed by atoms with Crippen LogP contribution in [0, 0.1) is 0 Å². The molecule has 96 valence electrons. The average Bonchev–Trinajstić information content (AvgIpc) is 2.88. The van der Waals surface area contributed by atoms with Gasteiger partial charge in [0, 0.05) is 0 Å². The van der Waals surface area contributed by atoms with Crippen LogP contribution in [0.2, 0.25) is 0 Å². The molecule has 0 aliphatic rings.